The van der Waals surface area contributed by atoms with Gasteiger partial charge in [-0.25, -0.2) is 4.79 Å². The molecule has 1 aliphatic heterocycles. The van der Waals surface area contributed by atoms with Crippen LogP contribution in [0.25, 0.3) is 11.1 Å². The molecule has 6 heteroatoms. The molecule has 0 bridgehead atoms. The van der Waals surface area contributed by atoms with E-state index in [2.05, 4.69) is 60.4 Å². The lowest BCUT2D eigenvalue weighted by molar-refractivity contribution is 0.0342. The van der Waals surface area contributed by atoms with Crippen molar-refractivity contribution in [3.63, 3.8) is 0 Å². The molecule has 1 N–H and O–H groups in total. The quantitative estimate of drug-likeness (QED) is 0.603. The van der Waals surface area contributed by atoms with Gasteiger partial charge in [0.2, 0.25) is 5.88 Å². The van der Waals surface area contributed by atoms with Gasteiger partial charge in [0.1, 0.15) is 0 Å². The molecule has 0 atom stereocenters. The maximum atomic E-state index is 12.6. The van der Waals surface area contributed by atoms with Gasteiger partial charge in [-0.05, 0) is 28.7 Å². The monoisotopic (exact) mass is 421 g/mol. The van der Waals surface area contributed by atoms with Crippen LogP contribution in [0.15, 0.2) is 59.5 Å². The number of hydrogen-bond donors (Lipinski definition) is 1. The molecule has 4 rings (SSSR count). The largest absolute Gasteiger partial charge is 0.493 e. The van der Waals surface area contributed by atoms with Crippen LogP contribution in [0.5, 0.6) is 5.88 Å². The minimum Gasteiger partial charge on any atom is -0.493 e. The Morgan fingerprint density at radius 1 is 1.00 bits per heavy atom. The molecule has 1 saturated heterocycles. The number of rotatable bonds is 8. The summed E-state index contributed by atoms with van der Waals surface area (Å²) in [6.45, 7) is 7.51. The van der Waals surface area contributed by atoms with E-state index in [0.29, 0.717) is 13.1 Å². The minimum atomic E-state index is -0.161. The van der Waals surface area contributed by atoms with E-state index in [1.54, 1.807) is 4.57 Å². The highest BCUT2D eigenvalue weighted by atomic mass is 16.5. The summed E-state index contributed by atoms with van der Waals surface area (Å²) in [6, 6.07) is 16.9. The van der Waals surface area contributed by atoms with Crippen LogP contribution in [0, 0.1) is 0 Å². The Kier molecular flexibility index (Phi) is 6.89. The molecule has 0 amide bonds. The molecule has 164 valence electrons. The molecular weight excluding hydrogens is 390 g/mol. The van der Waals surface area contributed by atoms with Crippen LogP contribution in [0.4, 0.5) is 0 Å². The highest BCUT2D eigenvalue weighted by molar-refractivity contribution is 5.67. The minimum absolute atomic E-state index is 0.0344. The first-order chi connectivity index (χ1) is 15.2. The van der Waals surface area contributed by atoms with Crippen molar-refractivity contribution in [1.82, 2.24) is 14.0 Å². The molecule has 3 aromatic rings. The normalized spacial score (nSPS) is 14.7. The SMILES string of the molecule is CCCCn1c(O)cn(Cc2ccc(-c3ccccc3CN3CCOCC3)cc2)c1=O. The Bertz CT molecular complexity index is 1050. The lowest BCUT2D eigenvalue weighted by Crippen LogP contribution is -2.35. The maximum absolute atomic E-state index is 12.6. The first-order valence-corrected chi connectivity index (χ1v) is 11.1. The molecule has 31 heavy (non-hydrogen) atoms. The van der Waals surface area contributed by atoms with Gasteiger partial charge >= 0.3 is 5.69 Å². The van der Waals surface area contributed by atoms with Crippen molar-refractivity contribution in [3.8, 4) is 17.0 Å². The summed E-state index contributed by atoms with van der Waals surface area (Å²) in [7, 11) is 0. The van der Waals surface area contributed by atoms with Gasteiger partial charge in [0.25, 0.3) is 0 Å². The van der Waals surface area contributed by atoms with E-state index in [-0.39, 0.29) is 11.6 Å². The van der Waals surface area contributed by atoms with Crippen molar-refractivity contribution in [1.29, 1.82) is 0 Å². The van der Waals surface area contributed by atoms with E-state index in [1.165, 1.54) is 27.5 Å². The Labute approximate surface area is 183 Å². The standard InChI is InChI=1S/C25H31N3O3/c1-2-3-12-28-24(29)19-27(25(28)30)17-20-8-10-21(11-9-20)23-7-5-4-6-22(23)18-26-13-15-31-16-14-26/h4-11,19,29H,2-3,12-18H2,1H3. The van der Waals surface area contributed by atoms with Crippen molar-refractivity contribution in [2.45, 2.75) is 39.4 Å². The summed E-state index contributed by atoms with van der Waals surface area (Å²) >= 11 is 0. The van der Waals surface area contributed by atoms with Crippen LogP contribution in [-0.2, 0) is 24.4 Å². The highest BCUT2D eigenvalue weighted by Crippen LogP contribution is 2.26. The second kappa shape index (κ2) is 9.98. The second-order valence-corrected chi connectivity index (χ2v) is 8.15. The smallest absolute Gasteiger partial charge is 0.331 e. The van der Waals surface area contributed by atoms with E-state index in [4.69, 9.17) is 4.74 Å². The maximum Gasteiger partial charge on any atom is 0.331 e. The topological polar surface area (TPSA) is 59.6 Å². The molecule has 1 aliphatic rings. The van der Waals surface area contributed by atoms with Crippen molar-refractivity contribution >= 4 is 0 Å². The van der Waals surface area contributed by atoms with E-state index in [0.717, 1.165) is 51.3 Å². The number of nitrogens with zero attached hydrogens (tertiary/aromatic N) is 3. The fraction of sp³-hybridized carbons (Fsp3) is 0.400. The Morgan fingerprint density at radius 3 is 2.48 bits per heavy atom. The Hall–Kier alpha value is -2.83. The number of hydrogen-bond acceptors (Lipinski definition) is 4. The number of ether oxygens (including phenoxy) is 1. The van der Waals surface area contributed by atoms with Gasteiger partial charge < -0.3 is 9.84 Å². The average molecular weight is 422 g/mol. The van der Waals surface area contributed by atoms with Crippen LogP contribution in [0.3, 0.4) is 0 Å². The number of imidazole rings is 1. The zero-order valence-corrected chi connectivity index (χ0v) is 18.2. The second-order valence-electron chi connectivity index (χ2n) is 8.15. The molecular formula is C25H31N3O3. The third kappa shape index (κ3) is 5.09. The van der Waals surface area contributed by atoms with Crippen LogP contribution in [-0.4, -0.2) is 45.4 Å². The van der Waals surface area contributed by atoms with Gasteiger partial charge in [-0.1, -0.05) is 61.9 Å². The summed E-state index contributed by atoms with van der Waals surface area (Å²) in [6.07, 6.45) is 3.38. The molecule has 2 aromatic carbocycles. The summed E-state index contributed by atoms with van der Waals surface area (Å²) in [5, 5.41) is 10.1. The van der Waals surface area contributed by atoms with Crippen molar-refractivity contribution < 1.29 is 9.84 Å². The Morgan fingerprint density at radius 2 is 1.74 bits per heavy atom. The molecule has 0 radical (unpaired) electrons. The molecule has 0 spiro atoms. The first-order valence-electron chi connectivity index (χ1n) is 11.1. The van der Waals surface area contributed by atoms with Gasteiger partial charge in [-0.15, -0.1) is 0 Å². The molecule has 2 heterocycles. The van der Waals surface area contributed by atoms with Gasteiger partial charge in [0.15, 0.2) is 0 Å². The van der Waals surface area contributed by atoms with E-state index < -0.39 is 0 Å². The van der Waals surface area contributed by atoms with Crippen LogP contribution >= 0.6 is 0 Å². The van der Waals surface area contributed by atoms with Gasteiger partial charge in [0, 0.05) is 26.2 Å². The van der Waals surface area contributed by atoms with Crippen LogP contribution in [0.1, 0.15) is 30.9 Å². The zero-order chi connectivity index (χ0) is 21.6. The number of morpholine rings is 1. The predicted octanol–water partition coefficient (Wildman–Crippen LogP) is 3.70. The van der Waals surface area contributed by atoms with E-state index in [9.17, 15) is 9.90 Å². The molecule has 0 unspecified atom stereocenters. The summed E-state index contributed by atoms with van der Waals surface area (Å²) in [4.78, 5) is 15.0. The van der Waals surface area contributed by atoms with Gasteiger partial charge in [-0.3, -0.25) is 14.0 Å². The number of aromatic nitrogens is 2. The average Bonchev–Trinajstić information content (AvgIpc) is 3.06. The zero-order valence-electron chi connectivity index (χ0n) is 18.2. The van der Waals surface area contributed by atoms with Crippen molar-refractivity contribution in [2.75, 3.05) is 26.3 Å². The first kappa shape index (κ1) is 21.4. The lowest BCUT2D eigenvalue weighted by atomic mass is 9.98. The number of aromatic hydroxyl groups is 1. The lowest BCUT2D eigenvalue weighted by Gasteiger charge is -2.27. The van der Waals surface area contributed by atoms with E-state index in [1.807, 2.05) is 0 Å². The summed E-state index contributed by atoms with van der Waals surface area (Å²) in [5.41, 5.74) is 4.59. The van der Waals surface area contributed by atoms with E-state index >= 15 is 0 Å². The third-order valence-electron chi connectivity index (χ3n) is 5.89. The molecule has 1 aromatic heterocycles. The molecule has 0 aliphatic carbocycles. The summed E-state index contributed by atoms with van der Waals surface area (Å²) < 4.78 is 8.49. The van der Waals surface area contributed by atoms with Gasteiger partial charge in [0.05, 0.1) is 26.0 Å². The molecule has 6 nitrogen and oxygen atoms in total. The number of benzene rings is 2. The van der Waals surface area contributed by atoms with Gasteiger partial charge in [-0.2, -0.15) is 0 Å². The molecule has 0 saturated carbocycles. The predicted molar refractivity (Wildman–Crippen MR) is 122 cm³/mol. The highest BCUT2D eigenvalue weighted by Gasteiger charge is 2.14. The molecule has 1 fully saturated rings. The fourth-order valence-corrected chi connectivity index (χ4v) is 4.08. The Balaban J connectivity index is 1.50. The fourth-order valence-electron chi connectivity index (χ4n) is 4.08. The number of unbranched alkanes of at least 4 members (excludes halogenated alkanes) is 1. The third-order valence-corrected chi connectivity index (χ3v) is 5.89. The van der Waals surface area contributed by atoms with Crippen molar-refractivity contribution in [3.05, 3.63) is 76.3 Å². The van der Waals surface area contributed by atoms with Crippen molar-refractivity contribution in [2.24, 2.45) is 0 Å². The summed E-state index contributed by atoms with van der Waals surface area (Å²) in [5.74, 6) is 0.0344. The van der Waals surface area contributed by atoms with Crippen LogP contribution < -0.4 is 5.69 Å². The van der Waals surface area contributed by atoms with Crippen LogP contribution in [0.2, 0.25) is 0 Å².